The van der Waals surface area contributed by atoms with Crippen molar-refractivity contribution in [1.29, 1.82) is 0 Å². The van der Waals surface area contributed by atoms with E-state index in [4.69, 9.17) is 0 Å². The van der Waals surface area contributed by atoms with Crippen molar-refractivity contribution in [3.05, 3.63) is 46.4 Å². The van der Waals surface area contributed by atoms with E-state index in [1.807, 2.05) is 35.9 Å². The Labute approximate surface area is 122 Å². The van der Waals surface area contributed by atoms with Gasteiger partial charge in [-0.15, -0.1) is 11.3 Å². The molecule has 2 N–H and O–H groups in total. The number of hydrogen-bond donors (Lipinski definition) is 2. The van der Waals surface area contributed by atoms with Crippen LogP contribution in [0.2, 0.25) is 0 Å². The average Bonchev–Trinajstić information content (AvgIpc) is 3.22. The van der Waals surface area contributed by atoms with Gasteiger partial charge in [0, 0.05) is 11.6 Å². The summed E-state index contributed by atoms with van der Waals surface area (Å²) in [5, 5.41) is 9.93. The van der Waals surface area contributed by atoms with Gasteiger partial charge >= 0.3 is 6.03 Å². The van der Waals surface area contributed by atoms with E-state index < -0.39 is 0 Å². The van der Waals surface area contributed by atoms with Crippen LogP contribution in [0.25, 0.3) is 0 Å². The number of carbonyl (C=O) groups is 1. The third-order valence-corrected chi connectivity index (χ3v) is 4.35. The van der Waals surface area contributed by atoms with Crippen LogP contribution in [0.3, 0.4) is 0 Å². The second kappa shape index (κ2) is 5.63. The van der Waals surface area contributed by atoms with Gasteiger partial charge in [0.2, 0.25) is 0 Å². The van der Waals surface area contributed by atoms with Crippen molar-refractivity contribution in [2.75, 3.05) is 5.32 Å². The van der Waals surface area contributed by atoms with Crippen LogP contribution in [-0.4, -0.2) is 11.0 Å². The summed E-state index contributed by atoms with van der Waals surface area (Å²) in [6.45, 7) is 1.99. The molecule has 0 aromatic carbocycles. The van der Waals surface area contributed by atoms with Crippen LogP contribution in [-0.2, 0) is 0 Å². The molecular formula is C15H17N3OS. The fraction of sp³-hybridized carbons (Fsp3) is 0.333. The first kappa shape index (κ1) is 13.1. The average molecular weight is 287 g/mol. The summed E-state index contributed by atoms with van der Waals surface area (Å²) in [5.41, 5.74) is 2.90. The lowest BCUT2D eigenvalue weighted by Crippen LogP contribution is -2.34. The van der Waals surface area contributed by atoms with Crippen molar-refractivity contribution in [3.8, 4) is 0 Å². The zero-order chi connectivity index (χ0) is 13.9. The van der Waals surface area contributed by atoms with Gasteiger partial charge < -0.3 is 10.6 Å². The molecule has 0 aliphatic heterocycles. The van der Waals surface area contributed by atoms with Crippen molar-refractivity contribution in [2.45, 2.75) is 25.8 Å². The lowest BCUT2D eigenvalue weighted by atomic mass is 10.1. The zero-order valence-electron chi connectivity index (χ0n) is 11.3. The predicted molar refractivity (Wildman–Crippen MR) is 80.9 cm³/mol. The predicted octanol–water partition coefficient (Wildman–Crippen LogP) is 3.72. The van der Waals surface area contributed by atoms with E-state index in [2.05, 4.69) is 15.6 Å². The summed E-state index contributed by atoms with van der Waals surface area (Å²) in [5.74, 6) is 0.513. The molecule has 2 amide bonds. The van der Waals surface area contributed by atoms with Gasteiger partial charge in [-0.25, -0.2) is 4.79 Å². The fourth-order valence-electron chi connectivity index (χ4n) is 2.21. The molecule has 1 aliphatic carbocycles. The molecule has 0 spiro atoms. The van der Waals surface area contributed by atoms with E-state index in [9.17, 15) is 4.79 Å². The van der Waals surface area contributed by atoms with E-state index in [0.717, 1.165) is 29.8 Å². The smallest absolute Gasteiger partial charge is 0.319 e. The first-order valence-corrected chi connectivity index (χ1v) is 7.69. The van der Waals surface area contributed by atoms with Gasteiger partial charge in [-0.2, -0.15) is 0 Å². The van der Waals surface area contributed by atoms with Gasteiger partial charge in [-0.05, 0) is 48.8 Å². The third-order valence-electron chi connectivity index (χ3n) is 3.49. The Hall–Kier alpha value is -1.88. The number of hydrogen-bond acceptors (Lipinski definition) is 3. The second-order valence-electron chi connectivity index (χ2n) is 5.14. The lowest BCUT2D eigenvalue weighted by Gasteiger charge is -2.18. The molecule has 0 bridgehead atoms. The summed E-state index contributed by atoms with van der Waals surface area (Å²) in [6, 6.07) is 5.67. The molecule has 1 atom stereocenters. The molecule has 1 unspecified atom stereocenters. The second-order valence-corrected chi connectivity index (χ2v) is 5.88. The molecule has 104 valence electrons. The van der Waals surface area contributed by atoms with E-state index in [-0.39, 0.29) is 12.1 Å². The summed E-state index contributed by atoms with van der Waals surface area (Å²) >= 11 is 1.59. The number of rotatable bonds is 4. The maximum absolute atomic E-state index is 12.1. The molecule has 2 aromatic rings. The number of urea groups is 1. The summed E-state index contributed by atoms with van der Waals surface area (Å²) in [7, 11) is 0. The Kier molecular flexibility index (Phi) is 3.69. The Bertz CT molecular complexity index is 592. The Balaban J connectivity index is 1.68. The SMILES string of the molecule is Cc1cscc1NC(=O)NC(c1ccccn1)C1CC1. The largest absolute Gasteiger partial charge is 0.329 e. The van der Waals surface area contributed by atoms with Gasteiger partial charge in [0.05, 0.1) is 17.4 Å². The Morgan fingerprint density at radius 3 is 2.85 bits per heavy atom. The van der Waals surface area contributed by atoms with Crippen LogP contribution in [0.5, 0.6) is 0 Å². The van der Waals surface area contributed by atoms with E-state index in [0.29, 0.717) is 5.92 Å². The van der Waals surface area contributed by atoms with E-state index in [1.165, 1.54) is 0 Å². The van der Waals surface area contributed by atoms with E-state index in [1.54, 1.807) is 17.5 Å². The van der Waals surface area contributed by atoms with Crippen molar-refractivity contribution in [2.24, 2.45) is 5.92 Å². The van der Waals surface area contributed by atoms with Crippen LogP contribution in [0.15, 0.2) is 35.2 Å². The first-order valence-electron chi connectivity index (χ1n) is 6.75. The highest BCUT2D eigenvalue weighted by Crippen LogP contribution is 2.40. The molecule has 0 radical (unpaired) electrons. The number of amides is 2. The molecular weight excluding hydrogens is 270 g/mol. The van der Waals surface area contributed by atoms with Crippen LogP contribution in [0.4, 0.5) is 10.5 Å². The summed E-state index contributed by atoms with van der Waals surface area (Å²) in [4.78, 5) is 16.5. The highest BCUT2D eigenvalue weighted by atomic mass is 32.1. The number of thiophene rings is 1. The molecule has 2 aromatic heterocycles. The molecule has 1 aliphatic rings. The van der Waals surface area contributed by atoms with Gasteiger partial charge in [-0.3, -0.25) is 4.98 Å². The minimum absolute atomic E-state index is 0.00939. The normalized spacial score (nSPS) is 15.7. The monoisotopic (exact) mass is 287 g/mol. The number of aryl methyl sites for hydroxylation is 1. The van der Waals surface area contributed by atoms with E-state index >= 15 is 0 Å². The van der Waals surface area contributed by atoms with Crippen LogP contribution >= 0.6 is 11.3 Å². The number of pyridine rings is 1. The quantitative estimate of drug-likeness (QED) is 0.900. The highest BCUT2D eigenvalue weighted by Gasteiger charge is 2.34. The minimum atomic E-state index is -0.158. The fourth-order valence-corrected chi connectivity index (χ4v) is 2.99. The number of anilines is 1. The topological polar surface area (TPSA) is 54.0 Å². The van der Waals surface area contributed by atoms with Gasteiger partial charge in [0.15, 0.2) is 0 Å². The maximum Gasteiger partial charge on any atom is 0.319 e. The zero-order valence-corrected chi connectivity index (χ0v) is 12.1. The van der Waals surface area contributed by atoms with Crippen molar-refractivity contribution in [3.63, 3.8) is 0 Å². The number of aromatic nitrogens is 1. The van der Waals surface area contributed by atoms with Crippen LogP contribution in [0.1, 0.15) is 30.1 Å². The molecule has 20 heavy (non-hydrogen) atoms. The summed E-state index contributed by atoms with van der Waals surface area (Å²) in [6.07, 6.45) is 4.07. The maximum atomic E-state index is 12.1. The lowest BCUT2D eigenvalue weighted by molar-refractivity contribution is 0.246. The molecule has 4 nitrogen and oxygen atoms in total. The first-order chi connectivity index (χ1) is 9.74. The molecule has 5 heteroatoms. The molecule has 2 heterocycles. The molecule has 1 fully saturated rings. The van der Waals surface area contributed by atoms with Gasteiger partial charge in [-0.1, -0.05) is 6.07 Å². The van der Waals surface area contributed by atoms with Crippen LogP contribution in [0, 0.1) is 12.8 Å². The van der Waals surface area contributed by atoms with Crippen molar-refractivity contribution in [1.82, 2.24) is 10.3 Å². The van der Waals surface area contributed by atoms with Crippen molar-refractivity contribution < 1.29 is 4.79 Å². The van der Waals surface area contributed by atoms with Gasteiger partial charge in [0.25, 0.3) is 0 Å². The third kappa shape index (κ3) is 2.99. The highest BCUT2D eigenvalue weighted by molar-refractivity contribution is 7.08. The minimum Gasteiger partial charge on any atom is -0.329 e. The molecule has 3 rings (SSSR count). The van der Waals surface area contributed by atoms with Gasteiger partial charge in [0.1, 0.15) is 0 Å². The number of nitrogens with one attached hydrogen (secondary N) is 2. The molecule has 1 saturated carbocycles. The Morgan fingerprint density at radius 2 is 2.25 bits per heavy atom. The molecule has 0 saturated heterocycles. The number of nitrogens with zero attached hydrogens (tertiary/aromatic N) is 1. The standard InChI is InChI=1S/C15H17N3OS/c1-10-8-20-9-13(10)17-15(19)18-14(11-5-6-11)12-4-2-3-7-16-12/h2-4,7-9,11,14H,5-6H2,1H3,(H2,17,18,19). The van der Waals surface area contributed by atoms with Crippen LogP contribution < -0.4 is 10.6 Å². The summed E-state index contributed by atoms with van der Waals surface area (Å²) < 4.78 is 0. The van der Waals surface area contributed by atoms with Crippen molar-refractivity contribution >= 4 is 23.1 Å². The number of carbonyl (C=O) groups excluding carboxylic acids is 1. The Morgan fingerprint density at radius 1 is 1.40 bits per heavy atom.